The molecule has 1 heterocycles. The van der Waals surface area contributed by atoms with Crippen molar-refractivity contribution < 1.29 is 0 Å². The molecule has 1 nitrogen and oxygen atoms in total. The lowest BCUT2D eigenvalue weighted by Crippen LogP contribution is -1.98. The fraction of sp³-hybridized carbons (Fsp3) is 0.385. The fourth-order valence-corrected chi connectivity index (χ4v) is 2.83. The van der Waals surface area contributed by atoms with Gasteiger partial charge in [0, 0.05) is 23.4 Å². The Kier molecular flexibility index (Phi) is 3.50. The van der Waals surface area contributed by atoms with Crippen molar-refractivity contribution in [3.05, 3.63) is 35.0 Å². The van der Waals surface area contributed by atoms with E-state index in [0.29, 0.717) is 6.04 Å². The smallest absolute Gasteiger partial charge is 0.0675 e. The van der Waals surface area contributed by atoms with Crippen LogP contribution >= 0.6 is 23.4 Å². The molecule has 16 heavy (non-hydrogen) atoms. The minimum absolute atomic E-state index is 0.443. The predicted molar refractivity (Wildman–Crippen MR) is 74.6 cm³/mol. The summed E-state index contributed by atoms with van der Waals surface area (Å²) in [6.45, 7) is 4.37. The van der Waals surface area contributed by atoms with Crippen molar-refractivity contribution in [1.29, 1.82) is 0 Å². The quantitative estimate of drug-likeness (QED) is 0.765. The number of aromatic nitrogens is 1. The Morgan fingerprint density at radius 2 is 2.12 bits per heavy atom. The average molecular weight is 254 g/mol. The highest BCUT2D eigenvalue weighted by atomic mass is 35.5. The molecule has 3 heteroatoms. The Hall–Kier alpha value is -0.600. The van der Waals surface area contributed by atoms with Crippen LogP contribution in [-0.2, 0) is 5.75 Å². The first-order chi connectivity index (χ1) is 7.65. The monoisotopic (exact) mass is 253 g/mol. The Morgan fingerprint density at radius 1 is 1.38 bits per heavy atom. The third-order valence-electron chi connectivity index (χ3n) is 2.74. The van der Waals surface area contributed by atoms with Crippen LogP contribution in [0.3, 0.4) is 0 Å². The minimum Gasteiger partial charge on any atom is -0.343 e. The molecule has 0 fully saturated rings. The molecular formula is C13H16ClNS. The van der Waals surface area contributed by atoms with Gasteiger partial charge in [-0.1, -0.05) is 23.7 Å². The van der Waals surface area contributed by atoms with E-state index in [4.69, 9.17) is 11.6 Å². The molecule has 0 aliphatic rings. The van der Waals surface area contributed by atoms with E-state index >= 15 is 0 Å². The average Bonchev–Trinajstić information content (AvgIpc) is 2.60. The number of rotatable bonds is 3. The topological polar surface area (TPSA) is 4.93 Å². The summed E-state index contributed by atoms with van der Waals surface area (Å²) in [4.78, 5) is 0. The molecule has 0 aliphatic carbocycles. The van der Waals surface area contributed by atoms with Crippen LogP contribution in [0.5, 0.6) is 0 Å². The van der Waals surface area contributed by atoms with Gasteiger partial charge in [-0.05, 0) is 31.7 Å². The van der Waals surface area contributed by atoms with E-state index in [0.717, 1.165) is 10.8 Å². The van der Waals surface area contributed by atoms with E-state index in [2.05, 4.69) is 36.9 Å². The molecule has 2 rings (SSSR count). The number of hydrogen-bond acceptors (Lipinski definition) is 1. The second-order valence-corrected chi connectivity index (χ2v) is 5.50. The van der Waals surface area contributed by atoms with E-state index in [1.807, 2.05) is 23.9 Å². The molecule has 0 bridgehead atoms. The number of thioether (sulfide) groups is 1. The van der Waals surface area contributed by atoms with Crippen LogP contribution in [0.25, 0.3) is 10.9 Å². The zero-order chi connectivity index (χ0) is 11.7. The van der Waals surface area contributed by atoms with Gasteiger partial charge < -0.3 is 4.57 Å². The molecule has 0 amide bonds. The molecule has 0 N–H and O–H groups in total. The molecule has 0 saturated carbocycles. The predicted octanol–water partition coefficient (Wildman–Crippen LogP) is 4.74. The van der Waals surface area contributed by atoms with Gasteiger partial charge in [0.05, 0.1) is 10.5 Å². The van der Waals surface area contributed by atoms with Gasteiger partial charge in [0.15, 0.2) is 0 Å². The normalized spacial score (nSPS) is 11.6. The number of benzene rings is 1. The van der Waals surface area contributed by atoms with Crippen molar-refractivity contribution in [1.82, 2.24) is 4.57 Å². The third-order valence-corrected chi connectivity index (χ3v) is 3.65. The number of para-hydroxylation sites is 1. The van der Waals surface area contributed by atoms with Crippen LogP contribution in [-0.4, -0.2) is 10.8 Å². The molecule has 1 aromatic carbocycles. The van der Waals surface area contributed by atoms with Crippen molar-refractivity contribution in [2.75, 3.05) is 6.26 Å². The van der Waals surface area contributed by atoms with Crippen molar-refractivity contribution in [3.63, 3.8) is 0 Å². The Morgan fingerprint density at radius 3 is 2.75 bits per heavy atom. The first kappa shape index (κ1) is 11.9. The lowest BCUT2D eigenvalue weighted by molar-refractivity contribution is 0.622. The molecule has 0 radical (unpaired) electrons. The van der Waals surface area contributed by atoms with Gasteiger partial charge >= 0.3 is 0 Å². The summed E-state index contributed by atoms with van der Waals surface area (Å²) in [5.41, 5.74) is 2.54. The van der Waals surface area contributed by atoms with Crippen molar-refractivity contribution in [2.45, 2.75) is 25.6 Å². The maximum Gasteiger partial charge on any atom is 0.0675 e. The zero-order valence-electron chi connectivity index (χ0n) is 9.83. The Bertz CT molecular complexity index is 502. The summed E-state index contributed by atoms with van der Waals surface area (Å²) in [7, 11) is 0. The molecule has 1 aromatic heterocycles. The van der Waals surface area contributed by atoms with Gasteiger partial charge in [-0.15, -0.1) is 0 Å². The van der Waals surface area contributed by atoms with Gasteiger partial charge in [-0.25, -0.2) is 0 Å². The van der Waals surface area contributed by atoms with Crippen LogP contribution in [0.4, 0.5) is 0 Å². The molecule has 0 unspecified atom stereocenters. The summed E-state index contributed by atoms with van der Waals surface area (Å²) < 4.78 is 2.27. The highest BCUT2D eigenvalue weighted by Gasteiger charge is 2.12. The second-order valence-electron chi connectivity index (χ2n) is 4.22. The van der Waals surface area contributed by atoms with E-state index in [-0.39, 0.29) is 0 Å². The number of halogens is 1. The lowest BCUT2D eigenvalue weighted by atomic mass is 10.2. The molecular weight excluding hydrogens is 238 g/mol. The second kappa shape index (κ2) is 4.72. The maximum atomic E-state index is 6.29. The summed E-state index contributed by atoms with van der Waals surface area (Å²) in [5, 5.41) is 2.13. The van der Waals surface area contributed by atoms with E-state index in [1.54, 1.807) is 0 Å². The number of nitrogens with zero attached hydrogens (tertiary/aromatic N) is 1. The lowest BCUT2D eigenvalue weighted by Gasteiger charge is -2.09. The van der Waals surface area contributed by atoms with Crippen LogP contribution in [0.2, 0.25) is 5.02 Å². The fourth-order valence-electron chi connectivity index (χ4n) is 2.02. The molecule has 86 valence electrons. The third kappa shape index (κ3) is 1.96. The van der Waals surface area contributed by atoms with Gasteiger partial charge in [0.1, 0.15) is 0 Å². The standard InChI is InChI=1S/C13H16ClNS/c1-9(2)15-7-10(8-16-3)11-5-4-6-12(14)13(11)15/h4-7,9H,8H2,1-3H3. The number of hydrogen-bond donors (Lipinski definition) is 0. The first-order valence-corrected chi connectivity index (χ1v) is 7.19. The maximum absolute atomic E-state index is 6.29. The van der Waals surface area contributed by atoms with Crippen LogP contribution in [0, 0.1) is 0 Å². The van der Waals surface area contributed by atoms with Crippen molar-refractivity contribution in [2.24, 2.45) is 0 Å². The van der Waals surface area contributed by atoms with Crippen LogP contribution < -0.4 is 0 Å². The van der Waals surface area contributed by atoms with Crippen LogP contribution in [0.15, 0.2) is 24.4 Å². The SMILES string of the molecule is CSCc1cn(C(C)C)c2c(Cl)cccc12. The van der Waals surface area contributed by atoms with Crippen LogP contribution in [0.1, 0.15) is 25.5 Å². The Labute approximate surface area is 106 Å². The summed E-state index contributed by atoms with van der Waals surface area (Å²) >= 11 is 8.14. The summed E-state index contributed by atoms with van der Waals surface area (Å²) in [6.07, 6.45) is 4.36. The molecule has 0 spiro atoms. The zero-order valence-corrected chi connectivity index (χ0v) is 11.4. The summed E-state index contributed by atoms with van der Waals surface area (Å²) in [6, 6.07) is 6.59. The van der Waals surface area contributed by atoms with E-state index < -0.39 is 0 Å². The van der Waals surface area contributed by atoms with Gasteiger partial charge in [-0.3, -0.25) is 0 Å². The highest BCUT2D eigenvalue weighted by Crippen LogP contribution is 2.31. The van der Waals surface area contributed by atoms with Gasteiger partial charge in [-0.2, -0.15) is 11.8 Å². The van der Waals surface area contributed by atoms with Gasteiger partial charge in [0.2, 0.25) is 0 Å². The Balaban J connectivity index is 2.71. The number of fused-ring (bicyclic) bond motifs is 1. The van der Waals surface area contributed by atoms with E-state index in [1.165, 1.54) is 16.5 Å². The molecule has 0 saturated heterocycles. The summed E-state index contributed by atoms with van der Waals surface area (Å²) in [5.74, 6) is 1.04. The molecule has 2 aromatic rings. The minimum atomic E-state index is 0.443. The largest absolute Gasteiger partial charge is 0.343 e. The molecule has 0 aliphatic heterocycles. The van der Waals surface area contributed by atoms with E-state index in [9.17, 15) is 0 Å². The van der Waals surface area contributed by atoms with Crippen molar-refractivity contribution in [3.8, 4) is 0 Å². The molecule has 0 atom stereocenters. The van der Waals surface area contributed by atoms with Crippen molar-refractivity contribution >= 4 is 34.3 Å². The highest BCUT2D eigenvalue weighted by molar-refractivity contribution is 7.97. The first-order valence-electron chi connectivity index (χ1n) is 5.42. The van der Waals surface area contributed by atoms with Gasteiger partial charge in [0.25, 0.3) is 0 Å².